The van der Waals surface area contributed by atoms with Crippen molar-refractivity contribution in [2.24, 2.45) is 18.9 Å². The first-order valence-electron chi connectivity index (χ1n) is 8.19. The standard InChI is InChI=1S/C15H25N3O4S/c1-18-6-5-16-15(18)14-13(4-9-22-14)10-17-23(19,20)11-12-2-7-21-8-3-12/h5-6,12-14,17H,2-4,7-11H2,1H3/t13-,14+/m0/s1. The summed E-state index contributed by atoms with van der Waals surface area (Å²) < 4.78 is 40.4. The molecule has 2 fully saturated rings. The summed E-state index contributed by atoms with van der Waals surface area (Å²) in [4.78, 5) is 4.33. The number of ether oxygens (including phenoxy) is 2. The zero-order chi connectivity index (χ0) is 16.3. The second-order valence-corrected chi connectivity index (χ2v) is 8.27. The lowest BCUT2D eigenvalue weighted by molar-refractivity contribution is 0.0722. The number of hydrogen-bond donors (Lipinski definition) is 1. The van der Waals surface area contributed by atoms with Crippen LogP contribution in [0.2, 0.25) is 0 Å². The Balaban J connectivity index is 1.55. The number of nitrogens with one attached hydrogen (secondary N) is 1. The third kappa shape index (κ3) is 4.32. The average Bonchev–Trinajstić information content (AvgIpc) is 3.14. The smallest absolute Gasteiger partial charge is 0.211 e. The number of nitrogens with zero attached hydrogens (tertiary/aromatic N) is 2. The van der Waals surface area contributed by atoms with E-state index >= 15 is 0 Å². The zero-order valence-corrected chi connectivity index (χ0v) is 14.3. The molecular weight excluding hydrogens is 318 g/mol. The van der Waals surface area contributed by atoms with E-state index in [1.807, 2.05) is 17.8 Å². The number of rotatable bonds is 6. The second kappa shape index (κ2) is 7.29. The van der Waals surface area contributed by atoms with Crippen LogP contribution in [-0.4, -0.2) is 50.1 Å². The van der Waals surface area contributed by atoms with E-state index in [4.69, 9.17) is 9.47 Å². The van der Waals surface area contributed by atoms with Gasteiger partial charge in [0.15, 0.2) is 0 Å². The van der Waals surface area contributed by atoms with E-state index in [1.54, 1.807) is 6.20 Å². The third-order valence-electron chi connectivity index (χ3n) is 4.69. The molecule has 0 amide bonds. The van der Waals surface area contributed by atoms with Crippen LogP contribution in [-0.2, 0) is 26.5 Å². The van der Waals surface area contributed by atoms with Crippen molar-refractivity contribution in [3.05, 3.63) is 18.2 Å². The van der Waals surface area contributed by atoms with Gasteiger partial charge in [0.2, 0.25) is 10.0 Å². The van der Waals surface area contributed by atoms with Crippen LogP contribution in [0.3, 0.4) is 0 Å². The quantitative estimate of drug-likeness (QED) is 0.828. The van der Waals surface area contributed by atoms with E-state index in [0.29, 0.717) is 26.4 Å². The molecule has 130 valence electrons. The first-order chi connectivity index (χ1) is 11.1. The highest BCUT2D eigenvalue weighted by Crippen LogP contribution is 2.33. The molecule has 23 heavy (non-hydrogen) atoms. The van der Waals surface area contributed by atoms with Gasteiger partial charge in [-0.2, -0.15) is 0 Å². The Hall–Kier alpha value is -0.960. The van der Waals surface area contributed by atoms with Crippen LogP contribution in [0, 0.1) is 11.8 Å². The zero-order valence-electron chi connectivity index (χ0n) is 13.5. The van der Waals surface area contributed by atoms with Crippen molar-refractivity contribution in [1.82, 2.24) is 14.3 Å². The monoisotopic (exact) mass is 343 g/mol. The highest BCUT2D eigenvalue weighted by atomic mass is 32.2. The molecule has 1 N–H and O–H groups in total. The van der Waals surface area contributed by atoms with Crippen LogP contribution >= 0.6 is 0 Å². The number of aryl methyl sites for hydroxylation is 1. The molecule has 2 aliphatic rings. The summed E-state index contributed by atoms with van der Waals surface area (Å²) >= 11 is 0. The summed E-state index contributed by atoms with van der Waals surface area (Å²) in [5, 5.41) is 0. The number of hydrogen-bond acceptors (Lipinski definition) is 5. The number of imidazole rings is 1. The molecule has 2 saturated heterocycles. The first-order valence-corrected chi connectivity index (χ1v) is 9.84. The van der Waals surface area contributed by atoms with Gasteiger partial charge in [-0.05, 0) is 25.2 Å². The first kappa shape index (κ1) is 16.9. The maximum Gasteiger partial charge on any atom is 0.211 e. The fraction of sp³-hybridized carbons (Fsp3) is 0.800. The molecule has 2 atom stereocenters. The Morgan fingerprint density at radius 3 is 2.78 bits per heavy atom. The molecule has 1 aromatic rings. The van der Waals surface area contributed by atoms with E-state index in [9.17, 15) is 8.42 Å². The molecule has 3 heterocycles. The minimum Gasteiger partial charge on any atom is -0.381 e. The van der Waals surface area contributed by atoms with Crippen LogP contribution in [0.1, 0.15) is 31.2 Å². The van der Waals surface area contributed by atoms with Gasteiger partial charge in [0.05, 0.1) is 5.75 Å². The van der Waals surface area contributed by atoms with Gasteiger partial charge in [0, 0.05) is 51.7 Å². The van der Waals surface area contributed by atoms with Gasteiger partial charge in [0.25, 0.3) is 0 Å². The summed E-state index contributed by atoms with van der Waals surface area (Å²) in [6, 6.07) is 0. The fourth-order valence-corrected chi connectivity index (χ4v) is 4.84. The molecule has 3 rings (SSSR count). The maximum atomic E-state index is 12.3. The van der Waals surface area contributed by atoms with E-state index in [0.717, 1.165) is 25.1 Å². The summed E-state index contributed by atoms with van der Waals surface area (Å²) in [5.74, 6) is 1.37. The van der Waals surface area contributed by atoms with E-state index in [2.05, 4.69) is 9.71 Å². The normalized spacial score (nSPS) is 26.7. The molecule has 1 aromatic heterocycles. The van der Waals surface area contributed by atoms with Gasteiger partial charge in [-0.25, -0.2) is 18.1 Å². The summed E-state index contributed by atoms with van der Waals surface area (Å²) in [5.41, 5.74) is 0. The summed E-state index contributed by atoms with van der Waals surface area (Å²) in [6.07, 6.45) is 5.97. The molecule has 2 aliphatic heterocycles. The molecule has 7 nitrogen and oxygen atoms in total. The molecule has 0 bridgehead atoms. The molecular formula is C15H25N3O4S. The Labute approximate surface area is 137 Å². The van der Waals surface area contributed by atoms with Crippen molar-refractivity contribution in [2.75, 3.05) is 32.1 Å². The minimum absolute atomic E-state index is 0.126. The van der Waals surface area contributed by atoms with E-state index in [-0.39, 0.29) is 23.7 Å². The minimum atomic E-state index is -3.26. The van der Waals surface area contributed by atoms with Crippen molar-refractivity contribution < 1.29 is 17.9 Å². The van der Waals surface area contributed by atoms with Crippen molar-refractivity contribution in [3.8, 4) is 0 Å². The van der Waals surface area contributed by atoms with Crippen LogP contribution in [0.25, 0.3) is 0 Å². The lowest BCUT2D eigenvalue weighted by Crippen LogP contribution is -2.36. The van der Waals surface area contributed by atoms with Gasteiger partial charge >= 0.3 is 0 Å². The Kier molecular flexibility index (Phi) is 5.35. The van der Waals surface area contributed by atoms with Crippen LogP contribution in [0.4, 0.5) is 0 Å². The average molecular weight is 343 g/mol. The summed E-state index contributed by atoms with van der Waals surface area (Å²) in [7, 11) is -1.33. The van der Waals surface area contributed by atoms with Crippen molar-refractivity contribution in [1.29, 1.82) is 0 Å². The Morgan fingerprint density at radius 1 is 1.30 bits per heavy atom. The molecule has 0 unspecified atom stereocenters. The maximum absolute atomic E-state index is 12.3. The van der Waals surface area contributed by atoms with E-state index in [1.165, 1.54) is 0 Å². The molecule has 8 heteroatoms. The topological polar surface area (TPSA) is 82.5 Å². The fourth-order valence-electron chi connectivity index (χ4n) is 3.30. The molecule has 0 spiro atoms. The SMILES string of the molecule is Cn1ccnc1[C@@H]1OCC[C@H]1CNS(=O)(=O)CC1CCOCC1. The highest BCUT2D eigenvalue weighted by molar-refractivity contribution is 7.89. The molecule has 0 aromatic carbocycles. The van der Waals surface area contributed by atoms with Gasteiger partial charge in [-0.3, -0.25) is 0 Å². The van der Waals surface area contributed by atoms with Crippen molar-refractivity contribution in [3.63, 3.8) is 0 Å². The Bertz CT molecular complexity index is 610. The van der Waals surface area contributed by atoms with Crippen molar-refractivity contribution >= 4 is 10.0 Å². The Morgan fingerprint density at radius 2 is 2.09 bits per heavy atom. The molecule has 0 radical (unpaired) electrons. The number of sulfonamides is 1. The highest BCUT2D eigenvalue weighted by Gasteiger charge is 2.33. The third-order valence-corrected chi connectivity index (χ3v) is 6.21. The van der Waals surface area contributed by atoms with Crippen molar-refractivity contribution in [2.45, 2.75) is 25.4 Å². The van der Waals surface area contributed by atoms with Crippen LogP contribution in [0.15, 0.2) is 12.4 Å². The van der Waals surface area contributed by atoms with Gasteiger partial charge < -0.3 is 14.0 Å². The van der Waals surface area contributed by atoms with Crippen LogP contribution in [0.5, 0.6) is 0 Å². The molecule has 0 aliphatic carbocycles. The predicted octanol–water partition coefficient (Wildman–Crippen LogP) is 0.844. The van der Waals surface area contributed by atoms with E-state index < -0.39 is 10.0 Å². The largest absolute Gasteiger partial charge is 0.381 e. The molecule has 0 saturated carbocycles. The van der Waals surface area contributed by atoms with Gasteiger partial charge in [0.1, 0.15) is 11.9 Å². The van der Waals surface area contributed by atoms with Gasteiger partial charge in [-0.1, -0.05) is 0 Å². The van der Waals surface area contributed by atoms with Crippen LogP contribution < -0.4 is 4.72 Å². The summed E-state index contributed by atoms with van der Waals surface area (Å²) in [6.45, 7) is 2.38. The number of aromatic nitrogens is 2. The lowest BCUT2D eigenvalue weighted by atomic mass is 10.0. The van der Waals surface area contributed by atoms with Gasteiger partial charge in [-0.15, -0.1) is 0 Å². The lowest BCUT2D eigenvalue weighted by Gasteiger charge is -2.23. The second-order valence-electron chi connectivity index (χ2n) is 6.42. The predicted molar refractivity (Wildman–Crippen MR) is 85.3 cm³/mol.